The SMILES string of the molecule is COc1cccc(CC(=O)NC[C@@H]2N[C@H](CO)[C@H](O)[C@@H]2O)c1. The Labute approximate surface area is 128 Å². The zero-order valence-electron chi connectivity index (χ0n) is 12.4. The summed E-state index contributed by atoms with van der Waals surface area (Å²) in [4.78, 5) is 11.9. The van der Waals surface area contributed by atoms with Gasteiger partial charge in [-0.2, -0.15) is 0 Å². The molecular formula is C15H22N2O5. The second-order valence-corrected chi connectivity index (χ2v) is 5.38. The van der Waals surface area contributed by atoms with Crippen molar-refractivity contribution in [3.63, 3.8) is 0 Å². The van der Waals surface area contributed by atoms with Crippen LogP contribution in [0, 0.1) is 0 Å². The number of carbonyl (C=O) groups excluding carboxylic acids is 1. The highest BCUT2D eigenvalue weighted by Gasteiger charge is 2.40. The van der Waals surface area contributed by atoms with E-state index < -0.39 is 24.3 Å². The first-order valence-corrected chi connectivity index (χ1v) is 7.17. The number of nitrogens with one attached hydrogen (secondary N) is 2. The Morgan fingerprint density at radius 1 is 1.32 bits per heavy atom. The minimum absolute atomic E-state index is 0.178. The molecule has 1 fully saturated rings. The van der Waals surface area contributed by atoms with E-state index in [-0.39, 0.29) is 25.5 Å². The van der Waals surface area contributed by atoms with Gasteiger partial charge in [-0.15, -0.1) is 0 Å². The molecule has 122 valence electrons. The van der Waals surface area contributed by atoms with Crippen molar-refractivity contribution >= 4 is 5.91 Å². The molecule has 5 N–H and O–H groups in total. The first-order chi connectivity index (χ1) is 10.5. The van der Waals surface area contributed by atoms with E-state index in [1.165, 1.54) is 0 Å². The molecule has 7 heteroatoms. The quantitative estimate of drug-likeness (QED) is 0.433. The number of rotatable bonds is 6. The Balaban J connectivity index is 1.83. The smallest absolute Gasteiger partial charge is 0.224 e. The maximum atomic E-state index is 11.9. The summed E-state index contributed by atoms with van der Waals surface area (Å²) in [5.74, 6) is 0.497. The lowest BCUT2D eigenvalue weighted by atomic mass is 10.1. The molecule has 1 amide bonds. The second kappa shape index (κ2) is 7.55. The van der Waals surface area contributed by atoms with Gasteiger partial charge in [-0.25, -0.2) is 0 Å². The summed E-state index contributed by atoms with van der Waals surface area (Å²) in [5, 5.41) is 34.2. The number of benzene rings is 1. The van der Waals surface area contributed by atoms with Crippen molar-refractivity contribution in [2.75, 3.05) is 20.3 Å². The van der Waals surface area contributed by atoms with Gasteiger partial charge in [0.25, 0.3) is 0 Å². The van der Waals surface area contributed by atoms with Gasteiger partial charge in [0.1, 0.15) is 5.75 Å². The van der Waals surface area contributed by atoms with Gasteiger partial charge in [0, 0.05) is 6.54 Å². The fourth-order valence-corrected chi connectivity index (χ4v) is 2.54. The Bertz CT molecular complexity index is 510. The summed E-state index contributed by atoms with van der Waals surface area (Å²) in [7, 11) is 1.56. The zero-order chi connectivity index (χ0) is 16.1. The summed E-state index contributed by atoms with van der Waals surface area (Å²) >= 11 is 0. The molecule has 1 aromatic carbocycles. The fourth-order valence-electron chi connectivity index (χ4n) is 2.54. The van der Waals surface area contributed by atoms with Crippen LogP contribution in [0.1, 0.15) is 5.56 Å². The molecule has 0 aromatic heterocycles. The lowest BCUT2D eigenvalue weighted by molar-refractivity contribution is -0.120. The van der Waals surface area contributed by atoms with Crippen LogP contribution in [-0.4, -0.2) is 65.8 Å². The number of hydrogen-bond donors (Lipinski definition) is 5. The molecule has 1 aliphatic rings. The number of carbonyl (C=O) groups is 1. The number of methoxy groups -OCH3 is 1. The number of aliphatic hydroxyl groups excluding tert-OH is 3. The summed E-state index contributed by atoms with van der Waals surface area (Å²) < 4.78 is 5.10. The molecule has 4 atom stereocenters. The van der Waals surface area contributed by atoms with Gasteiger partial charge >= 0.3 is 0 Å². The molecule has 1 heterocycles. The van der Waals surface area contributed by atoms with Gasteiger partial charge in [-0.3, -0.25) is 4.79 Å². The van der Waals surface area contributed by atoms with E-state index in [4.69, 9.17) is 9.84 Å². The number of amides is 1. The molecule has 22 heavy (non-hydrogen) atoms. The topological polar surface area (TPSA) is 111 Å². The van der Waals surface area contributed by atoms with Crippen LogP contribution in [0.4, 0.5) is 0 Å². The Kier molecular flexibility index (Phi) is 5.73. The first-order valence-electron chi connectivity index (χ1n) is 7.17. The Hall–Kier alpha value is -1.67. The zero-order valence-corrected chi connectivity index (χ0v) is 12.4. The minimum Gasteiger partial charge on any atom is -0.497 e. The van der Waals surface area contributed by atoms with Crippen molar-refractivity contribution < 1.29 is 24.9 Å². The van der Waals surface area contributed by atoms with Crippen LogP contribution in [0.15, 0.2) is 24.3 Å². The highest BCUT2D eigenvalue weighted by Crippen LogP contribution is 2.14. The number of hydrogen-bond acceptors (Lipinski definition) is 6. The third-order valence-corrected chi connectivity index (χ3v) is 3.82. The van der Waals surface area contributed by atoms with E-state index in [0.29, 0.717) is 5.75 Å². The summed E-state index contributed by atoms with van der Waals surface area (Å²) in [5.41, 5.74) is 0.824. The summed E-state index contributed by atoms with van der Waals surface area (Å²) in [6, 6.07) is 6.17. The van der Waals surface area contributed by atoms with Crippen molar-refractivity contribution in [2.24, 2.45) is 0 Å². The number of ether oxygens (including phenoxy) is 1. The van der Waals surface area contributed by atoms with Gasteiger partial charge in [0.15, 0.2) is 0 Å². The molecular weight excluding hydrogens is 288 g/mol. The molecule has 0 saturated carbocycles. The molecule has 1 aromatic rings. The van der Waals surface area contributed by atoms with E-state index >= 15 is 0 Å². The molecule has 0 radical (unpaired) electrons. The normalized spacial score (nSPS) is 27.6. The Morgan fingerprint density at radius 3 is 2.68 bits per heavy atom. The molecule has 0 spiro atoms. The van der Waals surface area contributed by atoms with Gasteiger partial charge in [0.05, 0.1) is 44.4 Å². The summed E-state index contributed by atoms with van der Waals surface area (Å²) in [6.07, 6.45) is -1.86. The lowest BCUT2D eigenvalue weighted by Gasteiger charge is -2.16. The van der Waals surface area contributed by atoms with Gasteiger partial charge in [-0.1, -0.05) is 12.1 Å². The van der Waals surface area contributed by atoms with Gasteiger partial charge in [-0.05, 0) is 17.7 Å². The van der Waals surface area contributed by atoms with Crippen molar-refractivity contribution in [1.29, 1.82) is 0 Å². The third kappa shape index (κ3) is 3.95. The van der Waals surface area contributed by atoms with E-state index in [2.05, 4.69) is 10.6 Å². The van der Waals surface area contributed by atoms with Crippen LogP contribution in [0.3, 0.4) is 0 Å². The van der Waals surface area contributed by atoms with Crippen LogP contribution in [0.5, 0.6) is 5.75 Å². The predicted molar refractivity (Wildman–Crippen MR) is 79.5 cm³/mol. The van der Waals surface area contributed by atoms with Crippen molar-refractivity contribution in [3.8, 4) is 5.75 Å². The van der Waals surface area contributed by atoms with E-state index in [0.717, 1.165) is 5.56 Å². The van der Waals surface area contributed by atoms with Crippen molar-refractivity contribution in [2.45, 2.75) is 30.7 Å². The van der Waals surface area contributed by atoms with Crippen LogP contribution >= 0.6 is 0 Å². The maximum absolute atomic E-state index is 11.9. The van der Waals surface area contributed by atoms with Crippen LogP contribution < -0.4 is 15.4 Å². The predicted octanol–water partition coefficient (Wildman–Crippen LogP) is -1.59. The first kappa shape index (κ1) is 16.7. The van der Waals surface area contributed by atoms with Gasteiger partial charge in [0.2, 0.25) is 5.91 Å². The molecule has 1 aliphatic heterocycles. The van der Waals surface area contributed by atoms with E-state index in [1.54, 1.807) is 19.2 Å². The fraction of sp³-hybridized carbons (Fsp3) is 0.533. The minimum atomic E-state index is -1.04. The monoisotopic (exact) mass is 310 g/mol. The van der Waals surface area contributed by atoms with Crippen LogP contribution in [0.25, 0.3) is 0 Å². The van der Waals surface area contributed by atoms with Crippen molar-refractivity contribution in [1.82, 2.24) is 10.6 Å². The molecule has 1 saturated heterocycles. The molecule has 2 rings (SSSR count). The van der Waals surface area contributed by atoms with E-state index in [1.807, 2.05) is 12.1 Å². The van der Waals surface area contributed by atoms with Crippen LogP contribution in [0.2, 0.25) is 0 Å². The highest BCUT2D eigenvalue weighted by molar-refractivity contribution is 5.78. The molecule has 7 nitrogen and oxygen atoms in total. The highest BCUT2D eigenvalue weighted by atomic mass is 16.5. The largest absolute Gasteiger partial charge is 0.497 e. The van der Waals surface area contributed by atoms with Gasteiger partial charge < -0.3 is 30.7 Å². The maximum Gasteiger partial charge on any atom is 0.224 e. The standard InChI is InChI=1S/C15H22N2O5/c1-22-10-4-2-3-9(5-10)6-13(19)16-7-11-14(20)15(21)12(8-18)17-11/h2-5,11-12,14-15,17-18,20-21H,6-8H2,1H3,(H,16,19)/t11-,12+,14+,15-/m0/s1. The average molecular weight is 310 g/mol. The Morgan fingerprint density at radius 2 is 2.05 bits per heavy atom. The molecule has 0 unspecified atom stereocenters. The third-order valence-electron chi connectivity index (χ3n) is 3.82. The van der Waals surface area contributed by atoms with Crippen LogP contribution in [-0.2, 0) is 11.2 Å². The van der Waals surface area contributed by atoms with Crippen molar-refractivity contribution in [3.05, 3.63) is 29.8 Å². The average Bonchev–Trinajstić information content (AvgIpc) is 2.80. The lowest BCUT2D eigenvalue weighted by Crippen LogP contribution is -2.44. The summed E-state index contributed by atoms with van der Waals surface area (Å²) in [6.45, 7) is -0.0932. The second-order valence-electron chi connectivity index (χ2n) is 5.38. The molecule has 0 bridgehead atoms. The van der Waals surface area contributed by atoms with E-state index in [9.17, 15) is 15.0 Å². The molecule has 0 aliphatic carbocycles. The number of aliphatic hydroxyl groups is 3.